The molecule has 0 saturated carbocycles. The van der Waals surface area contributed by atoms with Crippen molar-refractivity contribution in [3.8, 4) is 5.88 Å². The Kier molecular flexibility index (Phi) is 4.91. The Morgan fingerprint density at radius 1 is 1.08 bits per heavy atom. The second-order valence-corrected chi connectivity index (χ2v) is 8.86. The highest BCUT2D eigenvalue weighted by Crippen LogP contribution is 2.27. The summed E-state index contributed by atoms with van der Waals surface area (Å²) in [4.78, 5) is 8.50. The molecule has 6 nitrogen and oxygen atoms in total. The number of piperidine rings is 1. The van der Waals surface area contributed by atoms with E-state index in [-0.39, 0.29) is 6.10 Å². The highest BCUT2D eigenvalue weighted by Gasteiger charge is 2.32. The van der Waals surface area contributed by atoms with Gasteiger partial charge in [-0.05, 0) is 61.8 Å². The van der Waals surface area contributed by atoms with Crippen LogP contribution in [0.4, 0.5) is 0 Å². The number of rotatable bonds is 4. The zero-order valence-electron chi connectivity index (χ0n) is 14.7. The van der Waals surface area contributed by atoms with Crippen molar-refractivity contribution in [1.82, 2.24) is 14.3 Å². The van der Waals surface area contributed by atoms with Crippen molar-refractivity contribution >= 4 is 10.0 Å². The fourth-order valence-corrected chi connectivity index (χ4v) is 5.32. The average molecular weight is 373 g/mol. The second-order valence-electron chi connectivity index (χ2n) is 6.93. The second kappa shape index (κ2) is 7.32. The molecule has 1 aliphatic carbocycles. The molecule has 7 heteroatoms. The van der Waals surface area contributed by atoms with Crippen molar-refractivity contribution in [2.24, 2.45) is 0 Å². The summed E-state index contributed by atoms with van der Waals surface area (Å²) in [5.41, 5.74) is 2.47. The smallest absolute Gasteiger partial charge is 0.243 e. The van der Waals surface area contributed by atoms with Gasteiger partial charge in [0.2, 0.25) is 15.9 Å². The number of ether oxygens (including phenoxy) is 1. The Balaban J connectivity index is 1.52. The third-order valence-electron chi connectivity index (χ3n) is 5.13. The summed E-state index contributed by atoms with van der Waals surface area (Å²) in [6, 6.07) is 5.61. The van der Waals surface area contributed by atoms with Crippen LogP contribution in [0.15, 0.2) is 41.7 Å². The van der Waals surface area contributed by atoms with Crippen LogP contribution < -0.4 is 4.74 Å². The van der Waals surface area contributed by atoms with Gasteiger partial charge in [-0.3, -0.25) is 4.98 Å². The van der Waals surface area contributed by atoms with Crippen LogP contribution in [0.1, 0.15) is 36.8 Å². The summed E-state index contributed by atoms with van der Waals surface area (Å²) >= 11 is 0. The van der Waals surface area contributed by atoms with Gasteiger partial charge in [0.15, 0.2) is 0 Å². The molecule has 1 atom stereocenters. The first kappa shape index (κ1) is 17.4. The number of hydrogen-bond acceptors (Lipinski definition) is 5. The molecule has 2 aromatic rings. The Labute approximate surface area is 154 Å². The van der Waals surface area contributed by atoms with Crippen molar-refractivity contribution in [3.05, 3.63) is 47.9 Å². The topological polar surface area (TPSA) is 72.4 Å². The van der Waals surface area contributed by atoms with Crippen LogP contribution >= 0.6 is 0 Å². The van der Waals surface area contributed by atoms with Crippen molar-refractivity contribution in [3.63, 3.8) is 0 Å². The van der Waals surface area contributed by atoms with E-state index < -0.39 is 10.0 Å². The van der Waals surface area contributed by atoms with E-state index in [9.17, 15) is 8.42 Å². The first-order valence-electron chi connectivity index (χ1n) is 9.17. The summed E-state index contributed by atoms with van der Waals surface area (Å²) in [6.45, 7) is 0.871. The summed E-state index contributed by atoms with van der Waals surface area (Å²) in [5.74, 6) is 0.436. The largest absolute Gasteiger partial charge is 0.472 e. The Bertz CT molecular complexity index is 871. The molecular weight excluding hydrogens is 350 g/mol. The van der Waals surface area contributed by atoms with Crippen LogP contribution in [0.2, 0.25) is 0 Å². The van der Waals surface area contributed by atoms with E-state index in [4.69, 9.17) is 4.74 Å². The molecule has 4 rings (SSSR count). The lowest BCUT2D eigenvalue weighted by Crippen LogP contribution is -2.44. The van der Waals surface area contributed by atoms with Crippen LogP contribution in [0, 0.1) is 0 Å². The Morgan fingerprint density at radius 3 is 2.73 bits per heavy atom. The molecule has 0 N–H and O–H groups in total. The predicted molar refractivity (Wildman–Crippen MR) is 97.5 cm³/mol. The maximum atomic E-state index is 13.1. The van der Waals surface area contributed by atoms with Crippen LogP contribution in [-0.4, -0.2) is 41.9 Å². The fourth-order valence-electron chi connectivity index (χ4n) is 3.76. The summed E-state index contributed by atoms with van der Waals surface area (Å²) < 4.78 is 33.6. The van der Waals surface area contributed by atoms with Crippen LogP contribution in [0.3, 0.4) is 0 Å². The van der Waals surface area contributed by atoms with E-state index in [2.05, 4.69) is 9.97 Å². The van der Waals surface area contributed by atoms with Crippen molar-refractivity contribution < 1.29 is 13.2 Å². The predicted octanol–water partition coefficient (Wildman–Crippen LogP) is 2.59. The standard InChI is InChI=1S/C19H23N3O3S/c23-26(24,18-8-7-15-4-1-2-5-16(15)12-18)22-11-3-6-17(14-22)25-19-13-20-9-10-21-19/h7-10,12-13,17H,1-6,11,14H2. The minimum atomic E-state index is -3.50. The molecule has 2 heterocycles. The molecule has 1 aromatic heterocycles. The number of nitrogens with zero attached hydrogens (tertiary/aromatic N) is 3. The summed E-state index contributed by atoms with van der Waals surface area (Å²) in [7, 11) is -3.50. The third-order valence-corrected chi connectivity index (χ3v) is 6.99. The maximum absolute atomic E-state index is 13.1. The molecule has 1 aliphatic heterocycles. The molecule has 1 saturated heterocycles. The summed E-state index contributed by atoms with van der Waals surface area (Å²) in [5, 5.41) is 0. The zero-order chi connectivity index (χ0) is 18.0. The fraction of sp³-hybridized carbons (Fsp3) is 0.474. The van der Waals surface area contributed by atoms with Crippen molar-refractivity contribution in [1.29, 1.82) is 0 Å². The Hall–Kier alpha value is -1.99. The van der Waals surface area contributed by atoms with Gasteiger partial charge in [0.1, 0.15) is 6.10 Å². The molecule has 0 spiro atoms. The van der Waals surface area contributed by atoms with Crippen molar-refractivity contribution in [2.75, 3.05) is 13.1 Å². The molecule has 1 fully saturated rings. The van der Waals surface area contributed by atoms with Crippen LogP contribution in [0.5, 0.6) is 5.88 Å². The minimum Gasteiger partial charge on any atom is -0.472 e. The van der Waals surface area contributed by atoms with Gasteiger partial charge in [-0.1, -0.05) is 6.07 Å². The monoisotopic (exact) mass is 373 g/mol. The van der Waals surface area contributed by atoms with E-state index in [1.54, 1.807) is 29.0 Å². The first-order chi connectivity index (χ1) is 12.6. The van der Waals surface area contributed by atoms with E-state index in [0.717, 1.165) is 32.1 Å². The average Bonchev–Trinajstić information content (AvgIpc) is 2.68. The third kappa shape index (κ3) is 3.59. The number of aromatic nitrogens is 2. The maximum Gasteiger partial charge on any atom is 0.243 e. The van der Waals surface area contributed by atoms with Crippen molar-refractivity contribution in [2.45, 2.75) is 49.5 Å². The molecule has 26 heavy (non-hydrogen) atoms. The number of sulfonamides is 1. The van der Waals surface area contributed by atoms with Gasteiger partial charge in [-0.15, -0.1) is 0 Å². The quantitative estimate of drug-likeness (QED) is 0.824. The normalized spacial score (nSPS) is 21.2. The lowest BCUT2D eigenvalue weighted by Gasteiger charge is -2.32. The molecular formula is C19H23N3O3S. The van der Waals surface area contributed by atoms with E-state index in [1.807, 2.05) is 12.1 Å². The molecule has 1 unspecified atom stereocenters. The minimum absolute atomic E-state index is 0.201. The Morgan fingerprint density at radius 2 is 1.92 bits per heavy atom. The highest BCUT2D eigenvalue weighted by molar-refractivity contribution is 7.89. The van der Waals surface area contributed by atoms with Gasteiger partial charge in [0.05, 0.1) is 17.6 Å². The van der Waals surface area contributed by atoms with Gasteiger partial charge >= 0.3 is 0 Å². The number of aryl methyl sites for hydroxylation is 2. The SMILES string of the molecule is O=S(=O)(c1ccc2c(c1)CCCC2)N1CCCC(Oc2cnccn2)C1. The van der Waals surface area contributed by atoms with Gasteiger partial charge < -0.3 is 4.74 Å². The molecule has 0 bridgehead atoms. The van der Waals surface area contributed by atoms with Gasteiger partial charge in [0, 0.05) is 18.9 Å². The number of hydrogen-bond donors (Lipinski definition) is 0. The van der Waals surface area contributed by atoms with Gasteiger partial charge in [0.25, 0.3) is 0 Å². The van der Waals surface area contributed by atoms with Crippen LogP contribution in [0.25, 0.3) is 0 Å². The van der Waals surface area contributed by atoms with E-state index in [0.29, 0.717) is 23.9 Å². The molecule has 1 aromatic carbocycles. The first-order valence-corrected chi connectivity index (χ1v) is 10.6. The molecule has 2 aliphatic rings. The van der Waals surface area contributed by atoms with Gasteiger partial charge in [-0.25, -0.2) is 13.4 Å². The molecule has 0 amide bonds. The lowest BCUT2D eigenvalue weighted by molar-refractivity contribution is 0.124. The van der Waals surface area contributed by atoms with E-state index >= 15 is 0 Å². The van der Waals surface area contributed by atoms with Crippen LogP contribution in [-0.2, 0) is 22.9 Å². The van der Waals surface area contributed by atoms with E-state index in [1.165, 1.54) is 17.5 Å². The zero-order valence-corrected chi connectivity index (χ0v) is 15.5. The highest BCUT2D eigenvalue weighted by atomic mass is 32.2. The number of benzene rings is 1. The summed E-state index contributed by atoms with van der Waals surface area (Å²) in [6.07, 6.45) is 10.4. The van der Waals surface area contributed by atoms with Gasteiger partial charge in [-0.2, -0.15) is 4.31 Å². The molecule has 0 radical (unpaired) electrons. The lowest BCUT2D eigenvalue weighted by atomic mass is 9.92. The molecule has 138 valence electrons. The number of fused-ring (bicyclic) bond motifs is 1.